The van der Waals surface area contributed by atoms with E-state index in [9.17, 15) is 14.0 Å². The van der Waals surface area contributed by atoms with Crippen LogP contribution in [0.3, 0.4) is 0 Å². The number of aromatic nitrogens is 2. The van der Waals surface area contributed by atoms with Gasteiger partial charge in [-0.3, -0.25) is 14.2 Å². The second kappa shape index (κ2) is 10.4. The average Bonchev–Trinajstić information content (AvgIpc) is 2.84. The molecular weight excluding hydrogens is 465 g/mol. The van der Waals surface area contributed by atoms with E-state index in [1.165, 1.54) is 16.7 Å². The first-order valence-corrected chi connectivity index (χ1v) is 12.0. The van der Waals surface area contributed by atoms with Crippen molar-refractivity contribution >= 4 is 28.4 Å². The molecule has 4 rings (SSSR count). The van der Waals surface area contributed by atoms with Crippen molar-refractivity contribution in [3.8, 4) is 5.69 Å². The molecule has 0 saturated heterocycles. The van der Waals surface area contributed by atoms with Gasteiger partial charge >= 0.3 is 0 Å². The normalized spacial score (nSPS) is 12.2. The number of amides is 1. The van der Waals surface area contributed by atoms with Crippen molar-refractivity contribution in [2.45, 2.75) is 33.2 Å². The van der Waals surface area contributed by atoms with Crippen LogP contribution in [0.25, 0.3) is 16.6 Å². The van der Waals surface area contributed by atoms with E-state index in [-0.39, 0.29) is 17.0 Å². The Labute approximate surface area is 208 Å². The largest absolute Gasteiger partial charge is 0.328 e. The van der Waals surface area contributed by atoms with Crippen molar-refractivity contribution < 1.29 is 9.18 Å². The highest BCUT2D eigenvalue weighted by molar-refractivity contribution is 6.30. The molecule has 0 fully saturated rings. The fourth-order valence-electron chi connectivity index (χ4n) is 4.29. The maximum atomic E-state index is 14.6. The lowest BCUT2D eigenvalue weighted by atomic mass is 10.0. The average molecular weight is 492 g/mol. The number of carbonyl (C=O) groups excluding carboxylic acids is 1. The molecule has 0 spiro atoms. The summed E-state index contributed by atoms with van der Waals surface area (Å²) in [5.41, 5.74) is 0.884. The van der Waals surface area contributed by atoms with Crippen LogP contribution in [-0.4, -0.2) is 26.9 Å². The Morgan fingerprint density at radius 2 is 1.69 bits per heavy atom. The zero-order valence-electron chi connectivity index (χ0n) is 19.9. The van der Waals surface area contributed by atoms with Crippen molar-refractivity contribution in [3.05, 3.63) is 105 Å². The van der Waals surface area contributed by atoms with Gasteiger partial charge in [0.05, 0.1) is 28.2 Å². The highest BCUT2D eigenvalue weighted by Gasteiger charge is 2.31. The Balaban J connectivity index is 1.97. The summed E-state index contributed by atoms with van der Waals surface area (Å²) in [6.07, 6.45) is 0.477. The molecule has 4 aromatic rings. The van der Waals surface area contributed by atoms with E-state index in [4.69, 9.17) is 16.6 Å². The summed E-state index contributed by atoms with van der Waals surface area (Å²) < 4.78 is 16.2. The molecule has 0 aliphatic heterocycles. The fourth-order valence-corrected chi connectivity index (χ4v) is 4.42. The Bertz CT molecular complexity index is 1420. The predicted octanol–water partition coefficient (Wildman–Crippen LogP) is 6.43. The van der Waals surface area contributed by atoms with Crippen LogP contribution in [0.4, 0.5) is 4.39 Å². The number of rotatable bonds is 7. The van der Waals surface area contributed by atoms with E-state index in [0.29, 0.717) is 40.4 Å². The Morgan fingerprint density at radius 1 is 1.03 bits per heavy atom. The molecule has 35 heavy (non-hydrogen) atoms. The van der Waals surface area contributed by atoms with E-state index < -0.39 is 17.8 Å². The molecule has 3 aromatic carbocycles. The second-order valence-corrected chi connectivity index (χ2v) is 9.30. The molecule has 1 aromatic heterocycles. The first-order valence-electron chi connectivity index (χ1n) is 11.6. The van der Waals surface area contributed by atoms with Gasteiger partial charge < -0.3 is 4.90 Å². The van der Waals surface area contributed by atoms with Crippen molar-refractivity contribution in [1.82, 2.24) is 14.5 Å². The van der Waals surface area contributed by atoms with Crippen molar-refractivity contribution in [2.24, 2.45) is 5.92 Å². The maximum Gasteiger partial charge on any atom is 0.266 e. The van der Waals surface area contributed by atoms with Gasteiger partial charge in [0.1, 0.15) is 11.6 Å². The lowest BCUT2D eigenvalue weighted by Gasteiger charge is -2.33. The number of fused-ring (bicyclic) bond motifs is 1. The summed E-state index contributed by atoms with van der Waals surface area (Å²) in [6, 6.07) is 19.4. The lowest BCUT2D eigenvalue weighted by molar-refractivity contribution is 0.0626. The predicted molar refractivity (Wildman–Crippen MR) is 138 cm³/mol. The highest BCUT2D eigenvalue weighted by atomic mass is 35.5. The minimum Gasteiger partial charge on any atom is -0.328 e. The topological polar surface area (TPSA) is 55.2 Å². The van der Waals surface area contributed by atoms with Gasteiger partial charge in [0.15, 0.2) is 0 Å². The molecule has 0 N–H and O–H groups in total. The maximum absolute atomic E-state index is 14.6. The Kier molecular flexibility index (Phi) is 7.31. The van der Waals surface area contributed by atoms with Crippen LogP contribution in [0.1, 0.15) is 49.4 Å². The lowest BCUT2D eigenvalue weighted by Crippen LogP contribution is -2.40. The van der Waals surface area contributed by atoms with Gasteiger partial charge in [-0.05, 0) is 60.9 Å². The summed E-state index contributed by atoms with van der Waals surface area (Å²) in [7, 11) is 0. The van der Waals surface area contributed by atoms with Gasteiger partial charge in [0.2, 0.25) is 0 Å². The van der Waals surface area contributed by atoms with E-state index in [1.807, 2.05) is 26.8 Å². The number of nitrogens with zero attached hydrogens (tertiary/aromatic N) is 3. The molecule has 1 heterocycles. The number of hydrogen-bond acceptors (Lipinski definition) is 3. The number of para-hydroxylation sites is 1. The minimum absolute atomic E-state index is 0.00669. The van der Waals surface area contributed by atoms with Gasteiger partial charge in [-0.2, -0.15) is 0 Å². The Morgan fingerprint density at radius 3 is 2.34 bits per heavy atom. The summed E-state index contributed by atoms with van der Waals surface area (Å²) in [5, 5.41) is 1.01. The van der Waals surface area contributed by atoms with Crippen LogP contribution in [0.15, 0.2) is 77.6 Å². The van der Waals surface area contributed by atoms with E-state index >= 15 is 0 Å². The van der Waals surface area contributed by atoms with E-state index in [0.717, 1.165) is 0 Å². The van der Waals surface area contributed by atoms with Crippen LogP contribution < -0.4 is 5.56 Å². The fraction of sp³-hybridized carbons (Fsp3) is 0.250. The van der Waals surface area contributed by atoms with Gasteiger partial charge in [-0.1, -0.05) is 56.6 Å². The SMILES string of the molecule is CCC(c1nc2ccccc2c(=O)n1-c1ccc(Cl)cc1)N(CC(C)C)C(=O)c1ccccc1F. The summed E-state index contributed by atoms with van der Waals surface area (Å²) in [6.45, 7) is 6.29. The van der Waals surface area contributed by atoms with Crippen LogP contribution in [0.2, 0.25) is 5.02 Å². The van der Waals surface area contributed by atoms with Crippen molar-refractivity contribution in [1.29, 1.82) is 0 Å². The zero-order chi connectivity index (χ0) is 25.1. The van der Waals surface area contributed by atoms with Crippen LogP contribution in [0.5, 0.6) is 0 Å². The minimum atomic E-state index is -0.581. The van der Waals surface area contributed by atoms with Gasteiger partial charge in [-0.15, -0.1) is 0 Å². The molecule has 7 heteroatoms. The third-order valence-electron chi connectivity index (χ3n) is 5.87. The van der Waals surface area contributed by atoms with Crippen molar-refractivity contribution in [2.75, 3.05) is 6.54 Å². The van der Waals surface area contributed by atoms with Gasteiger partial charge in [-0.25, -0.2) is 9.37 Å². The molecule has 180 valence electrons. The van der Waals surface area contributed by atoms with Gasteiger partial charge in [0, 0.05) is 11.6 Å². The molecule has 0 bridgehead atoms. The third kappa shape index (κ3) is 4.98. The molecule has 0 aliphatic carbocycles. The van der Waals surface area contributed by atoms with Crippen LogP contribution in [-0.2, 0) is 0 Å². The number of benzene rings is 3. The number of carbonyl (C=O) groups is 1. The van der Waals surface area contributed by atoms with Gasteiger partial charge in [0.25, 0.3) is 11.5 Å². The number of halogens is 2. The first-order chi connectivity index (χ1) is 16.8. The highest BCUT2D eigenvalue weighted by Crippen LogP contribution is 2.29. The molecule has 1 atom stereocenters. The summed E-state index contributed by atoms with van der Waals surface area (Å²) >= 11 is 6.10. The molecule has 1 unspecified atom stereocenters. The van der Waals surface area contributed by atoms with Crippen LogP contribution >= 0.6 is 11.6 Å². The molecule has 5 nitrogen and oxygen atoms in total. The molecule has 0 saturated carbocycles. The Hall–Kier alpha value is -3.51. The zero-order valence-corrected chi connectivity index (χ0v) is 20.7. The second-order valence-electron chi connectivity index (χ2n) is 8.86. The summed E-state index contributed by atoms with van der Waals surface area (Å²) in [4.78, 5) is 33.9. The quantitative estimate of drug-likeness (QED) is 0.299. The van der Waals surface area contributed by atoms with Crippen molar-refractivity contribution in [3.63, 3.8) is 0 Å². The molecule has 0 radical (unpaired) electrons. The van der Waals surface area contributed by atoms with E-state index in [1.54, 1.807) is 59.5 Å². The summed E-state index contributed by atoms with van der Waals surface area (Å²) in [5.74, 6) is -0.490. The standard InChI is InChI=1S/C28H27ClFN3O2/c1-4-25(32(17-18(2)3)27(34)21-9-5-7-11-23(21)30)26-31-24-12-8-6-10-22(24)28(35)33(26)20-15-13-19(29)14-16-20/h5-16,18,25H,4,17H2,1-3H3. The van der Waals surface area contributed by atoms with Crippen LogP contribution in [0, 0.1) is 11.7 Å². The number of hydrogen-bond donors (Lipinski definition) is 0. The third-order valence-corrected chi connectivity index (χ3v) is 6.13. The molecular formula is C28H27ClFN3O2. The first kappa shape index (κ1) is 24.6. The monoisotopic (exact) mass is 491 g/mol. The van der Waals surface area contributed by atoms with E-state index in [2.05, 4.69) is 0 Å². The molecule has 0 aliphatic rings. The smallest absolute Gasteiger partial charge is 0.266 e. The molecule has 1 amide bonds.